The van der Waals surface area contributed by atoms with Crippen molar-refractivity contribution in [1.82, 2.24) is 14.9 Å². The average molecular weight is 400 g/mol. The fraction of sp³-hybridized carbons (Fsp3) is 0.130. The molecule has 0 bridgehead atoms. The van der Waals surface area contributed by atoms with Crippen LogP contribution in [-0.4, -0.2) is 21.5 Å². The molecule has 0 unspecified atom stereocenters. The summed E-state index contributed by atoms with van der Waals surface area (Å²) in [7, 11) is 0. The van der Waals surface area contributed by atoms with Crippen LogP contribution in [0.25, 0.3) is 21.7 Å². The van der Waals surface area contributed by atoms with Gasteiger partial charge in [-0.1, -0.05) is 42.0 Å². The largest absolute Gasteiger partial charge is 0.325 e. The number of aryl methyl sites for hydroxylation is 2. The molecule has 30 heavy (non-hydrogen) atoms. The van der Waals surface area contributed by atoms with E-state index < -0.39 is 11.9 Å². The zero-order valence-electron chi connectivity index (χ0n) is 16.6. The van der Waals surface area contributed by atoms with E-state index in [0.717, 1.165) is 21.9 Å². The molecule has 150 valence electrons. The van der Waals surface area contributed by atoms with Gasteiger partial charge in [0.05, 0.1) is 17.2 Å². The number of imide groups is 1. The Bertz CT molecular complexity index is 1360. The van der Waals surface area contributed by atoms with Gasteiger partial charge < -0.3 is 5.32 Å². The summed E-state index contributed by atoms with van der Waals surface area (Å²) in [6.45, 7) is 3.52. The molecule has 0 saturated carbocycles. The van der Waals surface area contributed by atoms with Gasteiger partial charge in [0.1, 0.15) is 6.54 Å². The van der Waals surface area contributed by atoms with Crippen LogP contribution in [0.3, 0.4) is 0 Å². The number of fused-ring (bicyclic) bond motifs is 2. The molecule has 0 spiro atoms. The van der Waals surface area contributed by atoms with Gasteiger partial charge in [-0.25, -0.2) is 9.78 Å². The fourth-order valence-electron chi connectivity index (χ4n) is 3.39. The highest BCUT2D eigenvalue weighted by molar-refractivity contribution is 6.01. The monoisotopic (exact) mass is 400 g/mol. The summed E-state index contributed by atoms with van der Waals surface area (Å²) >= 11 is 0. The fourth-order valence-corrected chi connectivity index (χ4v) is 3.39. The highest BCUT2D eigenvalue weighted by Gasteiger charge is 2.12. The lowest BCUT2D eigenvalue weighted by Gasteiger charge is -2.11. The van der Waals surface area contributed by atoms with E-state index in [1.807, 2.05) is 56.3 Å². The summed E-state index contributed by atoms with van der Waals surface area (Å²) in [5, 5.41) is 7.21. The van der Waals surface area contributed by atoms with Gasteiger partial charge in [0.2, 0.25) is 5.91 Å². The molecular weight excluding hydrogens is 380 g/mol. The Morgan fingerprint density at radius 1 is 1.00 bits per heavy atom. The van der Waals surface area contributed by atoms with E-state index in [-0.39, 0.29) is 12.1 Å². The SMILES string of the molecule is Cc1ccc(NC(=O)NC(=O)Cn2cnc3cc4ccccc4cc3c2=O)c(C)c1. The van der Waals surface area contributed by atoms with E-state index in [9.17, 15) is 14.4 Å². The van der Waals surface area contributed by atoms with Crippen molar-refractivity contribution in [3.05, 3.63) is 82.4 Å². The summed E-state index contributed by atoms with van der Waals surface area (Å²) in [5.41, 5.74) is 2.80. The van der Waals surface area contributed by atoms with Crippen LogP contribution in [0.4, 0.5) is 10.5 Å². The summed E-state index contributed by atoms with van der Waals surface area (Å²) in [6.07, 6.45) is 1.32. The van der Waals surface area contributed by atoms with Crippen molar-refractivity contribution in [2.45, 2.75) is 20.4 Å². The second kappa shape index (κ2) is 7.79. The van der Waals surface area contributed by atoms with Gasteiger partial charge in [0, 0.05) is 5.69 Å². The van der Waals surface area contributed by atoms with E-state index in [4.69, 9.17) is 0 Å². The number of nitrogens with one attached hydrogen (secondary N) is 2. The van der Waals surface area contributed by atoms with Crippen LogP contribution in [0.1, 0.15) is 11.1 Å². The van der Waals surface area contributed by atoms with Gasteiger partial charge in [-0.2, -0.15) is 0 Å². The van der Waals surface area contributed by atoms with Crippen LogP contribution >= 0.6 is 0 Å². The number of aromatic nitrogens is 2. The summed E-state index contributed by atoms with van der Waals surface area (Å²) in [6, 6.07) is 16.2. The third-order valence-electron chi connectivity index (χ3n) is 4.89. The Labute approximate surface area is 172 Å². The van der Waals surface area contributed by atoms with Gasteiger partial charge in [-0.15, -0.1) is 0 Å². The number of nitrogens with zero attached hydrogens (tertiary/aromatic N) is 2. The summed E-state index contributed by atoms with van der Waals surface area (Å²) in [5.74, 6) is -0.610. The molecule has 3 amide bonds. The molecule has 7 nitrogen and oxygen atoms in total. The minimum Gasteiger partial charge on any atom is -0.307 e. The third kappa shape index (κ3) is 3.91. The zero-order chi connectivity index (χ0) is 21.3. The van der Waals surface area contributed by atoms with Crippen LogP contribution in [0.2, 0.25) is 0 Å². The maximum Gasteiger partial charge on any atom is 0.325 e. The molecule has 0 aliphatic carbocycles. The van der Waals surface area contributed by atoms with Gasteiger partial charge in [0.15, 0.2) is 0 Å². The van der Waals surface area contributed by atoms with Gasteiger partial charge >= 0.3 is 6.03 Å². The molecule has 0 aliphatic rings. The molecule has 0 fully saturated rings. The smallest absolute Gasteiger partial charge is 0.307 e. The molecule has 0 atom stereocenters. The number of hydrogen-bond acceptors (Lipinski definition) is 4. The summed E-state index contributed by atoms with van der Waals surface area (Å²) in [4.78, 5) is 41.5. The van der Waals surface area contributed by atoms with E-state index in [1.165, 1.54) is 10.9 Å². The highest BCUT2D eigenvalue weighted by atomic mass is 16.2. The van der Waals surface area contributed by atoms with Crippen LogP contribution < -0.4 is 16.2 Å². The van der Waals surface area contributed by atoms with Crippen molar-refractivity contribution >= 4 is 39.3 Å². The molecular formula is C23H20N4O3. The minimum atomic E-state index is -0.653. The van der Waals surface area contributed by atoms with Gasteiger partial charge in [-0.05, 0) is 48.4 Å². The van der Waals surface area contributed by atoms with Crippen molar-refractivity contribution in [2.75, 3.05) is 5.32 Å². The zero-order valence-corrected chi connectivity index (χ0v) is 16.6. The number of anilines is 1. The van der Waals surface area contributed by atoms with Crippen molar-refractivity contribution in [3.63, 3.8) is 0 Å². The molecule has 4 rings (SSSR count). The molecule has 7 heteroatoms. The quantitative estimate of drug-likeness (QED) is 0.515. The first kappa shape index (κ1) is 19.3. The number of urea groups is 1. The van der Waals surface area contributed by atoms with Crippen molar-refractivity contribution in [2.24, 2.45) is 0 Å². The Hall–Kier alpha value is -4.00. The lowest BCUT2D eigenvalue weighted by Crippen LogP contribution is -2.38. The first-order valence-corrected chi connectivity index (χ1v) is 9.47. The third-order valence-corrected chi connectivity index (χ3v) is 4.89. The minimum absolute atomic E-state index is 0.311. The maximum atomic E-state index is 12.8. The first-order chi connectivity index (χ1) is 14.4. The molecule has 0 saturated heterocycles. The molecule has 2 N–H and O–H groups in total. The van der Waals surface area contributed by atoms with Crippen molar-refractivity contribution in [3.8, 4) is 0 Å². The molecule has 4 aromatic rings. The van der Waals surface area contributed by atoms with Crippen LogP contribution in [-0.2, 0) is 11.3 Å². The normalized spacial score (nSPS) is 10.9. The Balaban J connectivity index is 1.51. The van der Waals surface area contributed by atoms with Crippen molar-refractivity contribution in [1.29, 1.82) is 0 Å². The van der Waals surface area contributed by atoms with E-state index in [0.29, 0.717) is 16.6 Å². The molecule has 1 aromatic heterocycles. The number of carbonyl (C=O) groups excluding carboxylic acids is 2. The van der Waals surface area contributed by atoms with Crippen LogP contribution in [0.15, 0.2) is 65.7 Å². The van der Waals surface area contributed by atoms with Gasteiger partial charge in [-0.3, -0.25) is 19.5 Å². The Morgan fingerprint density at radius 3 is 2.47 bits per heavy atom. The van der Waals surface area contributed by atoms with E-state index in [2.05, 4.69) is 15.6 Å². The summed E-state index contributed by atoms with van der Waals surface area (Å²) < 4.78 is 1.19. The second-order valence-corrected chi connectivity index (χ2v) is 7.21. The number of hydrogen-bond donors (Lipinski definition) is 2. The molecule has 0 radical (unpaired) electrons. The molecule has 3 aromatic carbocycles. The van der Waals surface area contributed by atoms with E-state index >= 15 is 0 Å². The van der Waals surface area contributed by atoms with Crippen molar-refractivity contribution < 1.29 is 9.59 Å². The Kier molecular flexibility index (Phi) is 5.02. The predicted octanol–water partition coefficient (Wildman–Crippen LogP) is 3.51. The standard InChI is InChI=1S/C23H20N4O3/c1-14-7-8-19(15(2)9-14)25-23(30)26-21(28)12-27-13-24-20-11-17-6-4-3-5-16(17)10-18(20)22(27)29/h3-11,13H,12H2,1-2H3,(H2,25,26,28,30). The van der Waals surface area contributed by atoms with E-state index in [1.54, 1.807) is 12.1 Å². The first-order valence-electron chi connectivity index (χ1n) is 9.47. The average Bonchev–Trinajstić information content (AvgIpc) is 2.71. The van der Waals surface area contributed by atoms with Crippen LogP contribution in [0.5, 0.6) is 0 Å². The number of carbonyl (C=O) groups is 2. The molecule has 0 aliphatic heterocycles. The molecule has 1 heterocycles. The number of amides is 3. The van der Waals surface area contributed by atoms with Gasteiger partial charge in [0.25, 0.3) is 5.56 Å². The Morgan fingerprint density at radius 2 is 1.73 bits per heavy atom. The topological polar surface area (TPSA) is 93.1 Å². The predicted molar refractivity (Wildman–Crippen MR) is 117 cm³/mol. The lowest BCUT2D eigenvalue weighted by atomic mass is 10.1. The van der Waals surface area contributed by atoms with Crippen LogP contribution in [0, 0.1) is 13.8 Å². The second-order valence-electron chi connectivity index (χ2n) is 7.21. The number of rotatable bonds is 3. The highest BCUT2D eigenvalue weighted by Crippen LogP contribution is 2.19. The maximum absolute atomic E-state index is 12.8. The lowest BCUT2D eigenvalue weighted by molar-refractivity contribution is -0.120. The number of benzene rings is 3.